The molecule has 26 heavy (non-hydrogen) atoms. The van der Waals surface area contributed by atoms with Gasteiger partial charge in [0.2, 0.25) is 10.0 Å². The first-order valence-electron chi connectivity index (χ1n) is 7.48. The summed E-state index contributed by atoms with van der Waals surface area (Å²) in [5.74, 6) is 0.233. The number of halogens is 2. The van der Waals surface area contributed by atoms with E-state index in [1.807, 2.05) is 0 Å². The van der Waals surface area contributed by atoms with Gasteiger partial charge in [0.25, 0.3) is 0 Å². The van der Waals surface area contributed by atoms with E-state index < -0.39 is 15.6 Å². The Labute approximate surface area is 165 Å². The Morgan fingerprint density at radius 3 is 2.65 bits per heavy atom. The first-order valence-corrected chi connectivity index (χ1v) is 10.7. The Kier molecular flexibility index (Phi) is 5.48. The summed E-state index contributed by atoms with van der Waals surface area (Å²) >= 11 is 13.4. The van der Waals surface area contributed by atoms with E-state index in [9.17, 15) is 13.5 Å². The molecule has 1 aromatic carbocycles. The van der Waals surface area contributed by atoms with Crippen molar-refractivity contribution >= 4 is 44.6 Å². The van der Waals surface area contributed by atoms with Crippen LogP contribution in [0.25, 0.3) is 0 Å². The topological polar surface area (TPSA) is 79.5 Å². The molecule has 0 amide bonds. The van der Waals surface area contributed by atoms with Gasteiger partial charge in [-0.05, 0) is 53.6 Å². The smallest absolute Gasteiger partial charge is 0.242 e. The number of nitrogens with one attached hydrogen (secondary N) is 1. The van der Waals surface area contributed by atoms with Crippen molar-refractivity contribution in [2.24, 2.45) is 0 Å². The summed E-state index contributed by atoms with van der Waals surface area (Å²) in [6.45, 7) is 1.36. The summed E-state index contributed by atoms with van der Waals surface area (Å²) in [4.78, 5) is -0.104. The van der Waals surface area contributed by atoms with Crippen LogP contribution in [0.1, 0.15) is 16.9 Å². The van der Waals surface area contributed by atoms with Gasteiger partial charge < -0.3 is 9.52 Å². The van der Waals surface area contributed by atoms with E-state index in [2.05, 4.69) is 4.72 Å². The molecule has 0 aliphatic heterocycles. The second-order valence-electron chi connectivity index (χ2n) is 5.71. The number of thiophene rings is 1. The molecule has 0 radical (unpaired) electrons. The third-order valence-electron chi connectivity index (χ3n) is 3.95. The second-order valence-corrected chi connectivity index (χ2v) is 9.04. The summed E-state index contributed by atoms with van der Waals surface area (Å²) in [6, 6.07) is 7.70. The zero-order valence-electron chi connectivity index (χ0n) is 13.6. The van der Waals surface area contributed by atoms with Gasteiger partial charge in [-0.15, -0.1) is 0 Å². The van der Waals surface area contributed by atoms with Gasteiger partial charge in [-0.2, -0.15) is 11.3 Å². The number of hydrogen-bond acceptors (Lipinski definition) is 5. The maximum Gasteiger partial charge on any atom is 0.242 e. The molecule has 3 rings (SSSR count). The van der Waals surface area contributed by atoms with Gasteiger partial charge >= 0.3 is 0 Å². The van der Waals surface area contributed by atoms with Crippen LogP contribution < -0.4 is 4.72 Å². The first kappa shape index (κ1) is 19.4. The molecule has 0 saturated heterocycles. The molecule has 0 saturated carbocycles. The molecule has 2 N–H and O–H groups in total. The predicted molar refractivity (Wildman–Crippen MR) is 102 cm³/mol. The molecule has 0 unspecified atom stereocenters. The zero-order chi connectivity index (χ0) is 18.9. The molecule has 0 aliphatic carbocycles. The molecule has 2 aromatic heterocycles. The first-order chi connectivity index (χ1) is 12.2. The van der Waals surface area contributed by atoms with Crippen LogP contribution in [-0.2, 0) is 15.6 Å². The highest BCUT2D eigenvalue weighted by Crippen LogP contribution is 2.32. The third kappa shape index (κ3) is 3.69. The fraction of sp³-hybridized carbons (Fsp3) is 0.176. The van der Waals surface area contributed by atoms with Gasteiger partial charge in [0, 0.05) is 10.6 Å². The molecular weight excluding hydrogens is 417 g/mol. The van der Waals surface area contributed by atoms with E-state index in [-0.39, 0.29) is 22.2 Å². The van der Waals surface area contributed by atoms with Gasteiger partial charge in [-0.3, -0.25) is 0 Å². The van der Waals surface area contributed by atoms with Gasteiger partial charge in [0.05, 0.1) is 17.8 Å². The normalized spacial score (nSPS) is 14.3. The minimum Gasteiger partial charge on any atom is -0.466 e. The minimum atomic E-state index is -3.98. The molecule has 0 aliphatic rings. The van der Waals surface area contributed by atoms with Gasteiger partial charge in [-0.25, -0.2) is 13.1 Å². The summed E-state index contributed by atoms with van der Waals surface area (Å²) in [5, 5.41) is 15.0. The van der Waals surface area contributed by atoms with Crippen LogP contribution >= 0.6 is 34.5 Å². The van der Waals surface area contributed by atoms with Crippen LogP contribution in [-0.4, -0.2) is 20.1 Å². The maximum atomic E-state index is 12.7. The highest BCUT2D eigenvalue weighted by Gasteiger charge is 2.36. The molecular formula is C17H15Cl2NO4S2. The monoisotopic (exact) mass is 431 g/mol. The van der Waals surface area contributed by atoms with Crippen molar-refractivity contribution in [1.82, 2.24) is 4.72 Å². The minimum absolute atomic E-state index is 0.00479. The summed E-state index contributed by atoms with van der Waals surface area (Å²) in [5.41, 5.74) is -0.543. The summed E-state index contributed by atoms with van der Waals surface area (Å²) in [6.07, 6.45) is 1.42. The van der Waals surface area contributed by atoms with Crippen molar-refractivity contribution in [2.75, 3.05) is 6.54 Å². The zero-order valence-corrected chi connectivity index (χ0v) is 16.7. The summed E-state index contributed by atoms with van der Waals surface area (Å²) in [7, 11) is -3.98. The molecule has 2 heterocycles. The second kappa shape index (κ2) is 7.34. The standard InChI is InChI=1S/C17H15Cl2NO4S2/c1-11-7-15(14(19)8-13(11)18)26(22,23)20-10-17(21,12-4-6-25-9-12)16-3-2-5-24-16/h2-9,20-21H,10H2,1H3/t17-/m0/s1. The molecule has 0 spiro atoms. The van der Waals surface area contributed by atoms with Crippen LogP contribution in [0.4, 0.5) is 0 Å². The van der Waals surface area contributed by atoms with Crippen molar-refractivity contribution in [3.05, 3.63) is 74.3 Å². The number of rotatable bonds is 6. The fourth-order valence-corrected chi connectivity index (χ4v) is 5.07. The molecule has 138 valence electrons. The van der Waals surface area contributed by atoms with Crippen molar-refractivity contribution in [3.63, 3.8) is 0 Å². The van der Waals surface area contributed by atoms with Gasteiger partial charge in [-0.1, -0.05) is 23.2 Å². The van der Waals surface area contributed by atoms with Crippen LogP contribution in [0, 0.1) is 6.92 Å². The van der Waals surface area contributed by atoms with E-state index in [0.29, 0.717) is 16.1 Å². The molecule has 0 fully saturated rings. The van der Waals surface area contributed by atoms with Crippen LogP contribution in [0.3, 0.4) is 0 Å². The quantitative estimate of drug-likeness (QED) is 0.613. The SMILES string of the molecule is Cc1cc(S(=O)(=O)NC[C@](O)(c2ccsc2)c2ccco2)c(Cl)cc1Cl. The van der Waals surface area contributed by atoms with Crippen LogP contribution in [0.5, 0.6) is 0 Å². The van der Waals surface area contributed by atoms with Gasteiger partial charge in [0.15, 0.2) is 5.60 Å². The average Bonchev–Trinajstić information content (AvgIpc) is 3.29. The van der Waals surface area contributed by atoms with E-state index in [0.717, 1.165) is 0 Å². The number of aliphatic hydroxyl groups is 1. The van der Waals surface area contributed by atoms with Crippen molar-refractivity contribution < 1.29 is 17.9 Å². The fourth-order valence-electron chi connectivity index (χ4n) is 2.46. The predicted octanol–water partition coefficient (Wildman–Crippen LogP) is 4.17. The summed E-state index contributed by atoms with van der Waals surface area (Å²) < 4.78 is 33.2. The highest BCUT2D eigenvalue weighted by molar-refractivity contribution is 7.89. The number of benzene rings is 1. The Morgan fingerprint density at radius 2 is 2.04 bits per heavy atom. The third-order valence-corrected chi connectivity index (χ3v) is 6.90. The van der Waals surface area contributed by atoms with Crippen LogP contribution in [0.2, 0.25) is 10.0 Å². The van der Waals surface area contributed by atoms with Gasteiger partial charge in [0.1, 0.15) is 10.7 Å². The maximum absolute atomic E-state index is 12.7. The lowest BCUT2D eigenvalue weighted by molar-refractivity contribution is 0.0623. The largest absolute Gasteiger partial charge is 0.466 e. The van der Waals surface area contributed by atoms with Crippen LogP contribution in [0.15, 0.2) is 56.7 Å². The van der Waals surface area contributed by atoms with Crippen molar-refractivity contribution in [3.8, 4) is 0 Å². The number of sulfonamides is 1. The van der Waals surface area contributed by atoms with E-state index in [1.54, 1.807) is 35.9 Å². The lowest BCUT2D eigenvalue weighted by Gasteiger charge is -2.25. The number of furan rings is 1. The van der Waals surface area contributed by atoms with Crippen molar-refractivity contribution in [1.29, 1.82) is 0 Å². The Morgan fingerprint density at radius 1 is 1.27 bits per heavy atom. The Hall–Kier alpha value is -1.35. The number of aryl methyl sites for hydroxylation is 1. The molecule has 0 bridgehead atoms. The average molecular weight is 432 g/mol. The Bertz CT molecular complexity index is 966. The van der Waals surface area contributed by atoms with Crippen molar-refractivity contribution in [2.45, 2.75) is 17.4 Å². The highest BCUT2D eigenvalue weighted by atomic mass is 35.5. The Balaban J connectivity index is 1.94. The lowest BCUT2D eigenvalue weighted by atomic mass is 9.94. The molecule has 5 nitrogen and oxygen atoms in total. The van der Waals surface area contributed by atoms with E-state index in [4.69, 9.17) is 27.6 Å². The van der Waals surface area contributed by atoms with E-state index >= 15 is 0 Å². The number of hydrogen-bond donors (Lipinski definition) is 2. The molecule has 3 aromatic rings. The molecule has 1 atom stereocenters. The van der Waals surface area contributed by atoms with E-state index in [1.165, 1.54) is 29.7 Å². The lowest BCUT2D eigenvalue weighted by Crippen LogP contribution is -2.41. The molecule has 9 heteroatoms.